The molecule has 0 N–H and O–H groups in total. The Morgan fingerprint density at radius 3 is 1.93 bits per heavy atom. The Morgan fingerprint density at radius 2 is 1.41 bits per heavy atom. The fourth-order valence-corrected chi connectivity index (χ4v) is 2.36. The molecule has 0 saturated heterocycles. The van der Waals surface area contributed by atoms with Crippen LogP contribution in [0.1, 0.15) is 38.8 Å². The van der Waals surface area contributed by atoms with E-state index in [4.69, 9.17) is 14.2 Å². The van der Waals surface area contributed by atoms with Gasteiger partial charge in [0.1, 0.15) is 6.61 Å². The number of carbonyl (C=O) groups excluding carboxylic acids is 3. The minimum Gasteiger partial charge on any atom is -0.463 e. The van der Waals surface area contributed by atoms with Gasteiger partial charge in [0.2, 0.25) is 6.10 Å². The van der Waals surface area contributed by atoms with Crippen LogP contribution in [0.15, 0.2) is 48.5 Å². The van der Waals surface area contributed by atoms with Gasteiger partial charge in [-0.3, -0.25) is 0 Å². The van der Waals surface area contributed by atoms with E-state index in [1.54, 1.807) is 43.3 Å². The van der Waals surface area contributed by atoms with Gasteiger partial charge in [0.15, 0.2) is 0 Å². The number of hydrogen-bond donors (Lipinski definition) is 0. The summed E-state index contributed by atoms with van der Waals surface area (Å²) >= 11 is 0. The fraction of sp³-hybridized carbons (Fsp3) is 0.286. The zero-order valence-electron chi connectivity index (χ0n) is 15.6. The first kappa shape index (κ1) is 20.2. The highest BCUT2D eigenvalue weighted by Gasteiger charge is 2.27. The Labute approximate surface area is 158 Å². The molecule has 0 spiro atoms. The van der Waals surface area contributed by atoms with Crippen LogP contribution in [0.2, 0.25) is 0 Å². The van der Waals surface area contributed by atoms with Crippen molar-refractivity contribution in [3.8, 4) is 0 Å². The van der Waals surface area contributed by atoms with Crippen molar-refractivity contribution in [1.82, 2.24) is 0 Å². The van der Waals surface area contributed by atoms with E-state index in [2.05, 4.69) is 0 Å². The Hall–Kier alpha value is -3.15. The number of rotatable bonds is 7. The monoisotopic (exact) mass is 370 g/mol. The first-order chi connectivity index (χ1) is 12.9. The average Bonchev–Trinajstić information content (AvgIpc) is 2.64. The van der Waals surface area contributed by atoms with Gasteiger partial charge in [-0.1, -0.05) is 35.4 Å². The van der Waals surface area contributed by atoms with Crippen molar-refractivity contribution in [3.63, 3.8) is 0 Å². The zero-order chi connectivity index (χ0) is 19.8. The van der Waals surface area contributed by atoms with Crippen molar-refractivity contribution in [2.24, 2.45) is 0 Å². The molecule has 0 aliphatic rings. The van der Waals surface area contributed by atoms with Gasteiger partial charge in [0.05, 0.1) is 17.7 Å². The van der Waals surface area contributed by atoms with Gasteiger partial charge in [0.25, 0.3) is 0 Å². The van der Waals surface area contributed by atoms with E-state index < -0.39 is 30.6 Å². The minimum absolute atomic E-state index is 0.114. The molecule has 27 heavy (non-hydrogen) atoms. The molecule has 0 bridgehead atoms. The van der Waals surface area contributed by atoms with Crippen molar-refractivity contribution < 1.29 is 28.6 Å². The maximum atomic E-state index is 12.3. The molecule has 2 rings (SSSR count). The summed E-state index contributed by atoms with van der Waals surface area (Å²) in [7, 11) is 0. The highest BCUT2D eigenvalue weighted by molar-refractivity contribution is 5.92. The molecule has 2 aromatic carbocycles. The molecule has 0 amide bonds. The summed E-state index contributed by atoms with van der Waals surface area (Å²) in [6.07, 6.45) is -1.34. The third-order valence-corrected chi connectivity index (χ3v) is 3.67. The minimum atomic E-state index is -1.34. The molecule has 0 saturated carbocycles. The molecular weight excluding hydrogens is 348 g/mol. The summed E-state index contributed by atoms with van der Waals surface area (Å²) in [6, 6.07) is 13.6. The molecule has 0 aliphatic heterocycles. The van der Waals surface area contributed by atoms with E-state index in [-0.39, 0.29) is 6.61 Å². The van der Waals surface area contributed by atoms with E-state index in [0.29, 0.717) is 11.1 Å². The molecule has 0 aromatic heterocycles. The Kier molecular flexibility index (Phi) is 7.11. The molecule has 0 radical (unpaired) electrons. The number of esters is 3. The van der Waals surface area contributed by atoms with E-state index >= 15 is 0 Å². The van der Waals surface area contributed by atoms with Gasteiger partial charge in [-0.2, -0.15) is 0 Å². The number of benzene rings is 2. The highest BCUT2D eigenvalue weighted by atomic mass is 16.6. The summed E-state index contributed by atoms with van der Waals surface area (Å²) in [5.41, 5.74) is 2.43. The Morgan fingerprint density at radius 1 is 0.852 bits per heavy atom. The van der Waals surface area contributed by atoms with Crippen LogP contribution in [-0.2, 0) is 19.0 Å². The molecule has 1 atom stereocenters. The lowest BCUT2D eigenvalue weighted by molar-refractivity contribution is -0.155. The summed E-state index contributed by atoms with van der Waals surface area (Å²) in [5, 5.41) is 0. The standard InChI is InChI=1S/C21H22O6/c1-4-25-21(24)18(27-20(23)17-10-6-8-15(3)12-17)13-26-19(22)16-9-5-7-14(2)11-16/h5-12,18H,4,13H2,1-3H3/t18-/m1/s1. The quantitative estimate of drug-likeness (QED) is 0.550. The molecule has 6 nitrogen and oxygen atoms in total. The third-order valence-electron chi connectivity index (χ3n) is 3.67. The van der Waals surface area contributed by atoms with Gasteiger partial charge in [-0.05, 0) is 45.0 Å². The van der Waals surface area contributed by atoms with Gasteiger partial charge in [0, 0.05) is 0 Å². The normalized spacial score (nSPS) is 11.4. The van der Waals surface area contributed by atoms with Gasteiger partial charge >= 0.3 is 17.9 Å². The first-order valence-electron chi connectivity index (χ1n) is 8.58. The van der Waals surface area contributed by atoms with E-state index in [0.717, 1.165) is 11.1 Å². The number of aryl methyl sites for hydroxylation is 2. The average molecular weight is 370 g/mol. The number of hydrogen-bond acceptors (Lipinski definition) is 6. The fourth-order valence-electron chi connectivity index (χ4n) is 2.36. The third kappa shape index (κ3) is 5.95. The predicted octanol–water partition coefficient (Wildman–Crippen LogP) is 3.25. The lowest BCUT2D eigenvalue weighted by Gasteiger charge is -2.17. The van der Waals surface area contributed by atoms with E-state index in [1.807, 2.05) is 26.0 Å². The Bertz CT molecular complexity index is 827. The lowest BCUT2D eigenvalue weighted by Crippen LogP contribution is -2.34. The zero-order valence-corrected chi connectivity index (χ0v) is 15.6. The van der Waals surface area contributed by atoms with Crippen molar-refractivity contribution in [2.45, 2.75) is 26.9 Å². The predicted molar refractivity (Wildman–Crippen MR) is 98.5 cm³/mol. The summed E-state index contributed by atoms with van der Waals surface area (Å²) < 4.78 is 15.3. The lowest BCUT2D eigenvalue weighted by atomic mass is 10.1. The second-order valence-corrected chi connectivity index (χ2v) is 5.98. The molecule has 6 heteroatoms. The SMILES string of the molecule is CCOC(=O)[C@@H](COC(=O)c1cccc(C)c1)OC(=O)c1cccc(C)c1. The molecular formula is C21H22O6. The molecule has 142 valence electrons. The van der Waals surface area contributed by atoms with Crippen LogP contribution in [0.4, 0.5) is 0 Å². The van der Waals surface area contributed by atoms with Crippen LogP contribution in [0.3, 0.4) is 0 Å². The number of ether oxygens (including phenoxy) is 3. The van der Waals surface area contributed by atoms with Crippen LogP contribution in [0, 0.1) is 13.8 Å². The van der Waals surface area contributed by atoms with Crippen molar-refractivity contribution in [2.75, 3.05) is 13.2 Å². The number of carbonyl (C=O) groups is 3. The molecule has 0 aliphatic carbocycles. The smallest absolute Gasteiger partial charge is 0.351 e. The summed E-state index contributed by atoms with van der Waals surface area (Å²) in [4.78, 5) is 36.6. The van der Waals surface area contributed by atoms with E-state index in [1.165, 1.54) is 0 Å². The second kappa shape index (κ2) is 9.52. The first-order valence-corrected chi connectivity index (χ1v) is 8.58. The molecule has 2 aromatic rings. The van der Waals surface area contributed by atoms with Crippen LogP contribution in [0.5, 0.6) is 0 Å². The van der Waals surface area contributed by atoms with Crippen LogP contribution < -0.4 is 0 Å². The largest absolute Gasteiger partial charge is 0.463 e. The second-order valence-electron chi connectivity index (χ2n) is 5.98. The van der Waals surface area contributed by atoms with Gasteiger partial charge in [-0.25, -0.2) is 14.4 Å². The van der Waals surface area contributed by atoms with Crippen LogP contribution in [0.25, 0.3) is 0 Å². The maximum Gasteiger partial charge on any atom is 0.351 e. The molecule has 0 unspecified atom stereocenters. The van der Waals surface area contributed by atoms with Crippen molar-refractivity contribution in [1.29, 1.82) is 0 Å². The van der Waals surface area contributed by atoms with E-state index in [9.17, 15) is 14.4 Å². The van der Waals surface area contributed by atoms with Crippen LogP contribution >= 0.6 is 0 Å². The summed E-state index contributed by atoms with van der Waals surface area (Å²) in [6.45, 7) is 5.01. The van der Waals surface area contributed by atoms with Crippen molar-refractivity contribution >= 4 is 17.9 Å². The topological polar surface area (TPSA) is 78.9 Å². The summed E-state index contributed by atoms with van der Waals surface area (Å²) in [5.74, 6) is -2.07. The van der Waals surface area contributed by atoms with Gasteiger partial charge in [-0.15, -0.1) is 0 Å². The molecule has 0 fully saturated rings. The molecule has 0 heterocycles. The Balaban J connectivity index is 2.06. The van der Waals surface area contributed by atoms with Gasteiger partial charge < -0.3 is 14.2 Å². The maximum absolute atomic E-state index is 12.3. The highest BCUT2D eigenvalue weighted by Crippen LogP contribution is 2.10. The van der Waals surface area contributed by atoms with Crippen LogP contribution in [-0.4, -0.2) is 37.2 Å². The van der Waals surface area contributed by atoms with Crippen molar-refractivity contribution in [3.05, 3.63) is 70.8 Å².